The number of carbonyl (C=O) groups is 1. The Kier molecular flexibility index (Phi) is 7.90. The number of nitrogens with zero attached hydrogens (tertiary/aromatic N) is 5. The third kappa shape index (κ3) is 5.98. The summed E-state index contributed by atoms with van der Waals surface area (Å²) in [4.78, 5) is 17.4. The van der Waals surface area contributed by atoms with Crippen LogP contribution in [0, 0.1) is 13.8 Å². The molecule has 180 valence electrons. The van der Waals surface area contributed by atoms with E-state index in [4.69, 9.17) is 4.74 Å². The first-order valence-electron chi connectivity index (χ1n) is 11.7. The summed E-state index contributed by atoms with van der Waals surface area (Å²) in [7, 11) is 4.05. The number of carbonyl (C=O) groups excluding carboxylic acids is 1. The Balaban J connectivity index is 1.46. The van der Waals surface area contributed by atoms with E-state index < -0.39 is 0 Å². The minimum absolute atomic E-state index is 0.0766. The van der Waals surface area contributed by atoms with E-state index in [-0.39, 0.29) is 12.0 Å². The fraction of sp³-hybridized carbons (Fsp3) is 0.423. The number of benzene rings is 2. The average Bonchev–Trinajstić information content (AvgIpc) is 3.51. The van der Waals surface area contributed by atoms with Crippen LogP contribution in [0.4, 0.5) is 5.69 Å². The molecule has 2 heterocycles. The largest absolute Gasteiger partial charge is 0.378 e. The van der Waals surface area contributed by atoms with Gasteiger partial charge in [-0.3, -0.25) is 9.36 Å². The van der Waals surface area contributed by atoms with Gasteiger partial charge in [-0.25, -0.2) is 0 Å². The molecule has 7 nitrogen and oxygen atoms in total. The molecule has 1 aliphatic heterocycles. The molecule has 0 spiro atoms. The molecule has 1 atom stereocenters. The van der Waals surface area contributed by atoms with Crippen molar-refractivity contribution in [2.24, 2.45) is 0 Å². The molecule has 0 unspecified atom stereocenters. The Morgan fingerprint density at radius 3 is 2.68 bits per heavy atom. The molecule has 34 heavy (non-hydrogen) atoms. The zero-order valence-corrected chi connectivity index (χ0v) is 21.2. The number of ether oxygens (including phenoxy) is 1. The predicted octanol–water partition coefficient (Wildman–Crippen LogP) is 4.25. The molecule has 3 aromatic rings. The van der Waals surface area contributed by atoms with Gasteiger partial charge in [-0.2, -0.15) is 0 Å². The van der Waals surface area contributed by atoms with Crippen LogP contribution in [0.25, 0.3) is 5.69 Å². The normalized spacial score (nSPS) is 15.5. The Morgan fingerprint density at radius 1 is 1.18 bits per heavy atom. The highest BCUT2D eigenvalue weighted by molar-refractivity contribution is 7.99. The van der Waals surface area contributed by atoms with Gasteiger partial charge in [-0.05, 0) is 61.6 Å². The molecule has 0 saturated carbocycles. The first kappa shape index (κ1) is 24.3. The van der Waals surface area contributed by atoms with Crippen molar-refractivity contribution in [1.82, 2.24) is 19.7 Å². The highest BCUT2D eigenvalue weighted by Gasteiger charge is 2.23. The monoisotopic (exact) mass is 479 g/mol. The zero-order valence-electron chi connectivity index (χ0n) is 20.4. The van der Waals surface area contributed by atoms with Crippen molar-refractivity contribution in [1.29, 1.82) is 0 Å². The van der Waals surface area contributed by atoms with Crippen LogP contribution in [0.15, 0.2) is 53.9 Å². The van der Waals surface area contributed by atoms with Crippen molar-refractivity contribution in [2.45, 2.75) is 44.5 Å². The average molecular weight is 480 g/mol. The van der Waals surface area contributed by atoms with Crippen LogP contribution in [0.3, 0.4) is 0 Å². The van der Waals surface area contributed by atoms with E-state index in [1.165, 1.54) is 17.3 Å². The molecular weight excluding hydrogens is 446 g/mol. The van der Waals surface area contributed by atoms with Gasteiger partial charge in [-0.1, -0.05) is 36.0 Å². The lowest BCUT2D eigenvalue weighted by Gasteiger charge is -2.26. The molecule has 1 aliphatic rings. The smallest absolute Gasteiger partial charge is 0.233 e. The van der Waals surface area contributed by atoms with Gasteiger partial charge in [0.2, 0.25) is 5.91 Å². The third-order valence-electron chi connectivity index (χ3n) is 6.09. The van der Waals surface area contributed by atoms with E-state index in [1.807, 2.05) is 23.6 Å². The number of aryl methyl sites for hydroxylation is 2. The minimum atomic E-state index is 0.0766. The van der Waals surface area contributed by atoms with Crippen molar-refractivity contribution in [2.75, 3.05) is 37.9 Å². The van der Waals surface area contributed by atoms with Crippen LogP contribution in [-0.4, -0.2) is 64.7 Å². The maximum atomic E-state index is 13.4. The van der Waals surface area contributed by atoms with E-state index in [0.29, 0.717) is 18.8 Å². The maximum Gasteiger partial charge on any atom is 0.233 e. The second kappa shape index (κ2) is 11.1. The Hall–Kier alpha value is -2.84. The van der Waals surface area contributed by atoms with Gasteiger partial charge in [0.1, 0.15) is 6.33 Å². The molecule has 1 amide bonds. The number of aromatic nitrogens is 3. The lowest BCUT2D eigenvalue weighted by molar-refractivity contribution is -0.130. The molecule has 0 bridgehead atoms. The van der Waals surface area contributed by atoms with Gasteiger partial charge in [0, 0.05) is 39.5 Å². The van der Waals surface area contributed by atoms with Crippen LogP contribution in [-0.2, 0) is 16.1 Å². The van der Waals surface area contributed by atoms with Gasteiger partial charge in [-0.15, -0.1) is 10.2 Å². The fourth-order valence-corrected chi connectivity index (χ4v) is 4.92. The van der Waals surface area contributed by atoms with Gasteiger partial charge in [0.25, 0.3) is 0 Å². The van der Waals surface area contributed by atoms with Gasteiger partial charge >= 0.3 is 0 Å². The molecule has 0 N–H and O–H groups in total. The van der Waals surface area contributed by atoms with E-state index >= 15 is 0 Å². The topological polar surface area (TPSA) is 63.5 Å². The SMILES string of the molecule is Cc1ccc(C)c(-n2cnnc2SCC(=O)N(Cc2ccc(N(C)C)cc2)C[C@H]2CCCO2)c1. The lowest BCUT2D eigenvalue weighted by Crippen LogP contribution is -2.38. The second-order valence-corrected chi connectivity index (χ2v) is 9.97. The highest BCUT2D eigenvalue weighted by atomic mass is 32.2. The molecule has 1 saturated heterocycles. The molecule has 1 aromatic heterocycles. The molecule has 4 rings (SSSR count). The van der Waals surface area contributed by atoms with Crippen molar-refractivity contribution in [3.05, 3.63) is 65.5 Å². The van der Waals surface area contributed by atoms with Gasteiger partial charge < -0.3 is 14.5 Å². The van der Waals surface area contributed by atoms with E-state index in [0.717, 1.165) is 47.1 Å². The number of hydrogen-bond acceptors (Lipinski definition) is 6. The predicted molar refractivity (Wildman–Crippen MR) is 137 cm³/mol. The second-order valence-electron chi connectivity index (χ2n) is 9.03. The van der Waals surface area contributed by atoms with E-state index in [1.54, 1.807) is 6.33 Å². The Bertz CT molecular complexity index is 1110. The van der Waals surface area contributed by atoms with Crippen LogP contribution in [0.5, 0.6) is 0 Å². The third-order valence-corrected chi connectivity index (χ3v) is 7.02. The van der Waals surface area contributed by atoms with Gasteiger partial charge in [0.15, 0.2) is 5.16 Å². The summed E-state index contributed by atoms with van der Waals surface area (Å²) in [6, 6.07) is 14.7. The quantitative estimate of drug-likeness (QED) is 0.428. The standard InChI is InChI=1S/C26H33N5O2S/c1-19-7-8-20(2)24(14-19)31-18-27-28-26(31)34-17-25(32)30(16-23-6-5-13-33-23)15-21-9-11-22(12-10-21)29(3)4/h7-12,14,18,23H,5-6,13,15-17H2,1-4H3/t23-/m1/s1. The number of hydrogen-bond donors (Lipinski definition) is 0. The summed E-state index contributed by atoms with van der Waals surface area (Å²) in [5.41, 5.74) is 5.60. The Labute approximate surface area is 206 Å². The van der Waals surface area contributed by atoms with E-state index in [9.17, 15) is 4.79 Å². The van der Waals surface area contributed by atoms with Gasteiger partial charge in [0.05, 0.1) is 17.5 Å². The summed E-state index contributed by atoms with van der Waals surface area (Å²) in [5.74, 6) is 0.374. The summed E-state index contributed by atoms with van der Waals surface area (Å²) < 4.78 is 7.80. The summed E-state index contributed by atoms with van der Waals surface area (Å²) in [5, 5.41) is 9.11. The number of thioether (sulfide) groups is 1. The molecule has 1 fully saturated rings. The number of anilines is 1. The van der Waals surface area contributed by atoms with Crippen LogP contribution in [0.2, 0.25) is 0 Å². The summed E-state index contributed by atoms with van der Waals surface area (Å²) in [6.45, 7) is 6.09. The van der Waals surface area contributed by atoms with Crippen molar-refractivity contribution in [3.8, 4) is 5.69 Å². The number of rotatable bonds is 9. The molecule has 8 heteroatoms. The molecular formula is C26H33N5O2S. The van der Waals surface area contributed by atoms with Crippen LogP contribution < -0.4 is 4.90 Å². The number of amides is 1. The van der Waals surface area contributed by atoms with Crippen molar-refractivity contribution < 1.29 is 9.53 Å². The zero-order chi connectivity index (χ0) is 24.1. The van der Waals surface area contributed by atoms with Crippen molar-refractivity contribution >= 4 is 23.4 Å². The molecule has 0 radical (unpaired) electrons. The molecule has 2 aromatic carbocycles. The first-order valence-corrected chi connectivity index (χ1v) is 12.7. The maximum absolute atomic E-state index is 13.4. The van der Waals surface area contributed by atoms with Crippen LogP contribution in [0.1, 0.15) is 29.5 Å². The van der Waals surface area contributed by atoms with Crippen molar-refractivity contribution in [3.63, 3.8) is 0 Å². The van der Waals surface area contributed by atoms with E-state index in [2.05, 4.69) is 71.4 Å². The van der Waals surface area contributed by atoms with Crippen LogP contribution >= 0.6 is 11.8 Å². The Morgan fingerprint density at radius 2 is 1.97 bits per heavy atom. The lowest BCUT2D eigenvalue weighted by atomic mass is 10.1. The summed E-state index contributed by atoms with van der Waals surface area (Å²) >= 11 is 1.43. The summed E-state index contributed by atoms with van der Waals surface area (Å²) in [6.07, 6.45) is 3.87. The highest BCUT2D eigenvalue weighted by Crippen LogP contribution is 2.24. The molecule has 0 aliphatic carbocycles. The first-order chi connectivity index (χ1) is 16.4. The fourth-order valence-electron chi connectivity index (χ4n) is 4.09. The minimum Gasteiger partial charge on any atom is -0.378 e.